The molecule has 7 rings (SSSR count). The molecule has 296 valence electrons. The number of para-hydroxylation sites is 1. The summed E-state index contributed by atoms with van der Waals surface area (Å²) in [5, 5.41) is 7.56. The first-order chi connectivity index (χ1) is 25.8. The maximum atomic E-state index is 6.77. The number of aryl methyl sites for hydroxylation is 1. The predicted molar refractivity (Wildman–Crippen MR) is 229 cm³/mol. The van der Waals surface area contributed by atoms with Gasteiger partial charge in [0.15, 0.2) is 0 Å². The third kappa shape index (κ3) is 8.08. The average Bonchev–Trinajstić information content (AvgIpc) is 3.58. The SMILES string of the molecule is Cc1nn(-c2[c-]c(Oc3[c-]c4c(cc3)c3ccccc3n4-c3cc(CC(C)C)ccn3)cc(C(C)(C)C)c2)c(C)c1C1C(C(C)(C)C)=CCC[C@@H]1C(C)(C)C.[Pt+2]. The Balaban J connectivity index is 0.00000532. The molecule has 0 bridgehead atoms. The molecule has 0 aliphatic heterocycles. The maximum Gasteiger partial charge on any atom is 2.00 e. The molecule has 0 N–H and O–H groups in total. The largest absolute Gasteiger partial charge is 2.00 e. The molecule has 3 heterocycles. The summed E-state index contributed by atoms with van der Waals surface area (Å²) in [5.41, 5.74) is 10.6. The molecule has 6 aromatic rings. The Hall–Kier alpha value is -3.95. The molecule has 0 saturated carbocycles. The third-order valence-electron chi connectivity index (χ3n) is 11.6. The number of nitrogens with zero attached hydrogens (tertiary/aromatic N) is 4. The fraction of sp³-hybridized carbons (Fsp3) is 0.440. The summed E-state index contributed by atoms with van der Waals surface area (Å²) in [5.74, 6) is 3.53. The van der Waals surface area contributed by atoms with E-state index in [0.29, 0.717) is 29.3 Å². The summed E-state index contributed by atoms with van der Waals surface area (Å²) >= 11 is 0. The maximum absolute atomic E-state index is 6.77. The van der Waals surface area contributed by atoms with E-state index in [2.05, 4.69) is 172 Å². The molecule has 6 heteroatoms. The van der Waals surface area contributed by atoms with Gasteiger partial charge in [-0.15, -0.1) is 41.3 Å². The van der Waals surface area contributed by atoms with Crippen LogP contribution in [0.2, 0.25) is 0 Å². The minimum Gasteiger partial charge on any atom is -0.509 e. The molecule has 3 aromatic heterocycles. The van der Waals surface area contributed by atoms with Gasteiger partial charge in [0, 0.05) is 40.4 Å². The van der Waals surface area contributed by atoms with Crippen molar-refractivity contribution >= 4 is 21.8 Å². The van der Waals surface area contributed by atoms with E-state index in [0.717, 1.165) is 57.4 Å². The van der Waals surface area contributed by atoms with Gasteiger partial charge >= 0.3 is 21.1 Å². The van der Waals surface area contributed by atoms with Gasteiger partial charge in [0.1, 0.15) is 5.82 Å². The summed E-state index contributed by atoms with van der Waals surface area (Å²) < 4.78 is 11.1. The first kappa shape index (κ1) is 41.7. The molecule has 0 saturated heterocycles. The van der Waals surface area contributed by atoms with Crippen molar-refractivity contribution in [1.82, 2.24) is 19.3 Å². The Morgan fingerprint density at radius 3 is 2.25 bits per heavy atom. The second-order valence-corrected chi connectivity index (χ2v) is 19.5. The normalized spacial score (nSPS) is 16.7. The van der Waals surface area contributed by atoms with Crippen LogP contribution < -0.4 is 4.74 Å². The van der Waals surface area contributed by atoms with Crippen LogP contribution in [0.4, 0.5) is 0 Å². The average molecular weight is 928 g/mol. The standard InChI is InChI=1S/C50H60N4O.Pt/c1-31(2)25-34-23-24-51-45(26-34)53-43-20-15-14-17-39(43)40-22-21-37(30-44(40)53)55-38-28-35(48(5,6)7)27-36(29-38)54-33(4)46(32(3)52-54)47-41(49(8,9)10)18-16-19-42(47)50(11,12)13;/h14-15,17-18,20-24,26-28,31,42,47H,16,19,25H2,1-13H3;/q-2;+2/t42-,47?;/m0./s1. The molecular formula is C50H60N4OPt. The van der Waals surface area contributed by atoms with Crippen LogP contribution in [0.25, 0.3) is 33.3 Å². The summed E-state index contributed by atoms with van der Waals surface area (Å²) in [6.07, 6.45) is 7.75. The van der Waals surface area contributed by atoms with Crippen molar-refractivity contribution in [1.29, 1.82) is 0 Å². The van der Waals surface area contributed by atoms with Crippen molar-refractivity contribution in [3.63, 3.8) is 0 Å². The van der Waals surface area contributed by atoms with Gasteiger partial charge < -0.3 is 9.30 Å². The fourth-order valence-corrected chi connectivity index (χ4v) is 8.93. The second-order valence-electron chi connectivity index (χ2n) is 19.5. The minimum atomic E-state index is -0.128. The number of fused-ring (bicyclic) bond motifs is 3. The molecule has 0 radical (unpaired) electrons. The van der Waals surface area contributed by atoms with Gasteiger partial charge in [0.05, 0.1) is 5.69 Å². The van der Waals surface area contributed by atoms with E-state index in [-0.39, 0.29) is 37.3 Å². The molecule has 0 fully saturated rings. The molecule has 5 nitrogen and oxygen atoms in total. The Labute approximate surface area is 350 Å². The zero-order chi connectivity index (χ0) is 39.6. The first-order valence-corrected chi connectivity index (χ1v) is 20.2. The van der Waals surface area contributed by atoms with E-state index in [9.17, 15) is 0 Å². The molecule has 0 spiro atoms. The van der Waals surface area contributed by atoms with Crippen molar-refractivity contribution < 1.29 is 25.8 Å². The number of hydrogen-bond donors (Lipinski definition) is 0. The van der Waals surface area contributed by atoms with E-state index in [4.69, 9.17) is 14.8 Å². The van der Waals surface area contributed by atoms with Gasteiger partial charge in [-0.3, -0.25) is 4.68 Å². The van der Waals surface area contributed by atoms with Crippen LogP contribution in [0.5, 0.6) is 11.5 Å². The van der Waals surface area contributed by atoms with Gasteiger partial charge in [-0.1, -0.05) is 112 Å². The van der Waals surface area contributed by atoms with Gasteiger partial charge in [0.2, 0.25) is 0 Å². The summed E-state index contributed by atoms with van der Waals surface area (Å²) in [7, 11) is 0. The number of pyridine rings is 1. The predicted octanol–water partition coefficient (Wildman–Crippen LogP) is 13.4. The van der Waals surface area contributed by atoms with Crippen LogP contribution in [-0.2, 0) is 32.9 Å². The van der Waals surface area contributed by atoms with E-state index >= 15 is 0 Å². The monoisotopic (exact) mass is 927 g/mol. The second kappa shape index (κ2) is 15.4. The Morgan fingerprint density at radius 2 is 1.57 bits per heavy atom. The first-order valence-electron chi connectivity index (χ1n) is 20.2. The smallest absolute Gasteiger partial charge is 0.509 e. The van der Waals surface area contributed by atoms with Crippen molar-refractivity contribution in [2.24, 2.45) is 22.7 Å². The molecule has 2 atom stereocenters. The van der Waals surface area contributed by atoms with Gasteiger partial charge in [-0.2, -0.15) is 11.2 Å². The van der Waals surface area contributed by atoms with Crippen LogP contribution in [-0.4, -0.2) is 19.3 Å². The number of allylic oxidation sites excluding steroid dienone is 2. The van der Waals surface area contributed by atoms with E-state index in [1.807, 2.05) is 12.3 Å². The van der Waals surface area contributed by atoms with Crippen molar-refractivity contribution in [2.75, 3.05) is 0 Å². The van der Waals surface area contributed by atoms with Crippen LogP contribution in [0.1, 0.15) is 123 Å². The zero-order valence-electron chi connectivity index (χ0n) is 35.8. The van der Waals surface area contributed by atoms with Crippen molar-refractivity contribution in [2.45, 2.75) is 121 Å². The third-order valence-corrected chi connectivity index (χ3v) is 11.6. The number of benzene rings is 3. The van der Waals surface area contributed by atoms with Gasteiger partial charge in [0.25, 0.3) is 0 Å². The quantitative estimate of drug-likeness (QED) is 0.118. The van der Waals surface area contributed by atoms with E-state index < -0.39 is 0 Å². The summed E-state index contributed by atoms with van der Waals surface area (Å²) in [6.45, 7) is 30.0. The number of ether oxygens (including phenoxy) is 1. The Bertz CT molecular complexity index is 2410. The van der Waals surface area contributed by atoms with E-state index in [1.54, 1.807) is 0 Å². The minimum absolute atomic E-state index is 0. The molecular weight excluding hydrogens is 868 g/mol. The molecule has 1 aliphatic rings. The topological polar surface area (TPSA) is 44.9 Å². The molecule has 1 aliphatic carbocycles. The van der Waals surface area contributed by atoms with Crippen molar-refractivity contribution in [3.8, 4) is 23.0 Å². The Morgan fingerprint density at radius 1 is 0.839 bits per heavy atom. The van der Waals surface area contributed by atoms with Gasteiger partial charge in [-0.25, -0.2) is 4.98 Å². The van der Waals surface area contributed by atoms with Crippen LogP contribution in [0.3, 0.4) is 0 Å². The number of rotatable bonds is 7. The van der Waals surface area contributed by atoms with Gasteiger partial charge in [-0.05, 0) is 96.0 Å². The fourth-order valence-electron chi connectivity index (χ4n) is 8.93. The summed E-state index contributed by atoms with van der Waals surface area (Å²) in [6, 6.07) is 28.7. The molecule has 3 aromatic carbocycles. The van der Waals surface area contributed by atoms with Crippen molar-refractivity contribution in [3.05, 3.63) is 119 Å². The number of aromatic nitrogens is 4. The zero-order valence-corrected chi connectivity index (χ0v) is 38.1. The van der Waals surface area contributed by atoms with E-state index in [1.165, 1.54) is 28.8 Å². The molecule has 56 heavy (non-hydrogen) atoms. The number of hydrogen-bond acceptors (Lipinski definition) is 3. The molecule has 0 amide bonds. The van der Waals surface area contributed by atoms with Crippen LogP contribution in [0.15, 0.2) is 78.5 Å². The van der Waals surface area contributed by atoms with Crippen LogP contribution in [0, 0.1) is 48.6 Å². The molecule has 1 unspecified atom stereocenters. The Kier molecular flexibility index (Phi) is 11.5. The summed E-state index contributed by atoms with van der Waals surface area (Å²) in [4.78, 5) is 4.86. The van der Waals surface area contributed by atoms with Crippen LogP contribution >= 0.6 is 0 Å².